The number of nitrogens with two attached hydrogens (primary N) is 1. The van der Waals surface area contributed by atoms with Crippen LogP contribution in [0.5, 0.6) is 0 Å². The SMILES string of the molecule is Nc1ccc(S(=O)CC(=O)N2CCCC2)cc1Cl. The third-order valence-electron chi connectivity index (χ3n) is 2.95. The van der Waals surface area contributed by atoms with Crippen LogP contribution in [0.3, 0.4) is 0 Å². The van der Waals surface area contributed by atoms with Crippen molar-refractivity contribution in [1.29, 1.82) is 0 Å². The van der Waals surface area contributed by atoms with Crippen molar-refractivity contribution in [3.63, 3.8) is 0 Å². The molecular weight excluding hydrogens is 272 g/mol. The Hall–Kier alpha value is -1.07. The summed E-state index contributed by atoms with van der Waals surface area (Å²) in [6, 6.07) is 4.81. The lowest BCUT2D eigenvalue weighted by molar-refractivity contribution is -0.127. The van der Waals surface area contributed by atoms with Crippen LogP contribution in [0.1, 0.15) is 12.8 Å². The summed E-state index contributed by atoms with van der Waals surface area (Å²) in [6.07, 6.45) is 2.07. The fraction of sp³-hybridized carbons (Fsp3) is 0.417. The van der Waals surface area contributed by atoms with E-state index < -0.39 is 10.8 Å². The molecule has 98 valence electrons. The summed E-state index contributed by atoms with van der Waals surface area (Å²) in [7, 11) is -1.36. The van der Waals surface area contributed by atoms with Crippen LogP contribution in [0.25, 0.3) is 0 Å². The maximum Gasteiger partial charge on any atom is 0.235 e. The molecule has 1 fully saturated rings. The van der Waals surface area contributed by atoms with Gasteiger partial charge in [0.1, 0.15) is 5.75 Å². The summed E-state index contributed by atoms with van der Waals surface area (Å²) in [5.41, 5.74) is 6.03. The number of benzene rings is 1. The summed E-state index contributed by atoms with van der Waals surface area (Å²) in [6.45, 7) is 1.55. The average Bonchev–Trinajstić information content (AvgIpc) is 2.86. The maximum atomic E-state index is 12.0. The molecule has 0 aliphatic carbocycles. The van der Waals surface area contributed by atoms with Crippen molar-refractivity contribution >= 4 is 34.0 Å². The molecular formula is C12H15ClN2O2S. The van der Waals surface area contributed by atoms with Gasteiger partial charge in [-0.25, -0.2) is 0 Å². The quantitative estimate of drug-likeness (QED) is 0.860. The average molecular weight is 287 g/mol. The van der Waals surface area contributed by atoms with Crippen LogP contribution in [0.4, 0.5) is 5.69 Å². The van der Waals surface area contributed by atoms with Gasteiger partial charge < -0.3 is 10.6 Å². The number of anilines is 1. The maximum absolute atomic E-state index is 12.0. The molecule has 4 nitrogen and oxygen atoms in total. The Morgan fingerprint density at radius 2 is 2.06 bits per heavy atom. The molecule has 1 aromatic carbocycles. The number of halogens is 1. The molecule has 1 unspecified atom stereocenters. The van der Waals surface area contributed by atoms with Crippen LogP contribution in [0, 0.1) is 0 Å². The van der Waals surface area contributed by atoms with Gasteiger partial charge in [-0.3, -0.25) is 9.00 Å². The number of nitrogen functional groups attached to an aromatic ring is 1. The highest BCUT2D eigenvalue weighted by Gasteiger charge is 2.20. The number of rotatable bonds is 3. The molecule has 0 aromatic heterocycles. The molecule has 1 aliphatic rings. The van der Waals surface area contributed by atoms with Crippen molar-refractivity contribution in [2.75, 3.05) is 24.6 Å². The lowest BCUT2D eigenvalue weighted by Gasteiger charge is -2.14. The molecule has 1 heterocycles. The number of nitrogens with zero attached hydrogens (tertiary/aromatic N) is 1. The molecule has 1 saturated heterocycles. The van der Waals surface area contributed by atoms with E-state index >= 15 is 0 Å². The second-order valence-electron chi connectivity index (χ2n) is 4.26. The van der Waals surface area contributed by atoms with E-state index in [2.05, 4.69) is 0 Å². The zero-order valence-corrected chi connectivity index (χ0v) is 11.5. The number of carbonyl (C=O) groups excluding carboxylic acids is 1. The molecule has 0 bridgehead atoms. The summed E-state index contributed by atoms with van der Waals surface area (Å²) in [5.74, 6) is -0.0426. The van der Waals surface area contributed by atoms with E-state index in [0.29, 0.717) is 15.6 Å². The van der Waals surface area contributed by atoms with Crippen LogP contribution < -0.4 is 5.73 Å². The summed E-state index contributed by atoms with van der Waals surface area (Å²) >= 11 is 5.87. The number of likely N-dealkylation sites (tertiary alicyclic amines) is 1. The molecule has 1 aromatic rings. The predicted molar refractivity (Wildman–Crippen MR) is 73.0 cm³/mol. The number of carbonyl (C=O) groups is 1. The first kappa shape index (κ1) is 13.4. The smallest absolute Gasteiger partial charge is 0.235 e. The van der Waals surface area contributed by atoms with E-state index in [1.807, 2.05) is 0 Å². The summed E-state index contributed by atoms with van der Waals surface area (Å²) < 4.78 is 12.0. The number of amides is 1. The van der Waals surface area contributed by atoms with Crippen molar-refractivity contribution in [1.82, 2.24) is 4.90 Å². The van der Waals surface area contributed by atoms with E-state index in [-0.39, 0.29) is 11.7 Å². The second kappa shape index (κ2) is 5.71. The number of hydrogen-bond donors (Lipinski definition) is 1. The van der Waals surface area contributed by atoms with Gasteiger partial charge in [-0.15, -0.1) is 0 Å². The Morgan fingerprint density at radius 1 is 1.39 bits per heavy atom. The largest absolute Gasteiger partial charge is 0.398 e. The van der Waals surface area contributed by atoms with Crippen molar-refractivity contribution in [3.05, 3.63) is 23.2 Å². The molecule has 2 N–H and O–H groups in total. The molecule has 1 amide bonds. The highest BCUT2D eigenvalue weighted by Crippen LogP contribution is 2.22. The monoisotopic (exact) mass is 286 g/mol. The normalized spacial score (nSPS) is 16.8. The fourth-order valence-corrected chi connectivity index (χ4v) is 3.19. The Labute approximate surface area is 114 Å². The van der Waals surface area contributed by atoms with Gasteiger partial charge in [0, 0.05) is 18.0 Å². The topological polar surface area (TPSA) is 63.4 Å². The molecule has 0 radical (unpaired) electrons. The molecule has 1 atom stereocenters. The Kier molecular flexibility index (Phi) is 4.24. The van der Waals surface area contributed by atoms with E-state index in [9.17, 15) is 9.00 Å². The Morgan fingerprint density at radius 3 is 2.67 bits per heavy atom. The van der Waals surface area contributed by atoms with E-state index in [1.165, 1.54) is 0 Å². The van der Waals surface area contributed by atoms with Gasteiger partial charge in [-0.1, -0.05) is 11.6 Å². The highest BCUT2D eigenvalue weighted by atomic mass is 35.5. The first-order chi connectivity index (χ1) is 8.58. The van der Waals surface area contributed by atoms with Crippen LogP contribution in [-0.4, -0.2) is 33.9 Å². The van der Waals surface area contributed by atoms with Crippen LogP contribution >= 0.6 is 11.6 Å². The first-order valence-electron chi connectivity index (χ1n) is 5.79. The van der Waals surface area contributed by atoms with Crippen molar-refractivity contribution in [3.8, 4) is 0 Å². The van der Waals surface area contributed by atoms with Gasteiger partial charge in [0.05, 0.1) is 21.5 Å². The zero-order chi connectivity index (χ0) is 13.1. The van der Waals surface area contributed by atoms with Gasteiger partial charge in [0.2, 0.25) is 5.91 Å². The van der Waals surface area contributed by atoms with Gasteiger partial charge in [0.25, 0.3) is 0 Å². The van der Waals surface area contributed by atoms with Gasteiger partial charge in [0.15, 0.2) is 0 Å². The van der Waals surface area contributed by atoms with E-state index in [0.717, 1.165) is 25.9 Å². The van der Waals surface area contributed by atoms with Gasteiger partial charge in [-0.05, 0) is 31.0 Å². The van der Waals surface area contributed by atoms with Crippen molar-refractivity contribution < 1.29 is 9.00 Å². The highest BCUT2D eigenvalue weighted by molar-refractivity contribution is 7.85. The Balaban J connectivity index is 2.02. The summed E-state index contributed by atoms with van der Waals surface area (Å²) in [5, 5.41) is 0.370. The fourth-order valence-electron chi connectivity index (χ4n) is 1.90. The predicted octanol–water partition coefficient (Wildman–Crippen LogP) is 1.65. The van der Waals surface area contributed by atoms with Crippen LogP contribution in [-0.2, 0) is 15.6 Å². The lowest BCUT2D eigenvalue weighted by Crippen LogP contribution is -2.31. The first-order valence-corrected chi connectivity index (χ1v) is 7.49. The molecule has 0 spiro atoms. The van der Waals surface area contributed by atoms with Gasteiger partial charge in [-0.2, -0.15) is 0 Å². The van der Waals surface area contributed by atoms with E-state index in [1.54, 1.807) is 23.1 Å². The minimum absolute atomic E-state index is 0.0141. The van der Waals surface area contributed by atoms with Gasteiger partial charge >= 0.3 is 0 Å². The minimum Gasteiger partial charge on any atom is -0.398 e. The minimum atomic E-state index is -1.36. The molecule has 0 saturated carbocycles. The second-order valence-corrected chi connectivity index (χ2v) is 6.12. The Bertz CT molecular complexity index is 487. The van der Waals surface area contributed by atoms with E-state index in [4.69, 9.17) is 17.3 Å². The molecule has 18 heavy (non-hydrogen) atoms. The van der Waals surface area contributed by atoms with Crippen LogP contribution in [0.15, 0.2) is 23.1 Å². The third kappa shape index (κ3) is 3.03. The molecule has 6 heteroatoms. The van der Waals surface area contributed by atoms with Crippen LogP contribution in [0.2, 0.25) is 5.02 Å². The molecule has 1 aliphatic heterocycles. The standard InChI is InChI=1S/C12H15ClN2O2S/c13-10-7-9(3-4-11(10)14)18(17)8-12(16)15-5-1-2-6-15/h3-4,7H,1-2,5-6,8,14H2. The van der Waals surface area contributed by atoms with Crippen molar-refractivity contribution in [2.24, 2.45) is 0 Å². The summed E-state index contributed by atoms with van der Waals surface area (Å²) in [4.78, 5) is 14.2. The third-order valence-corrected chi connectivity index (χ3v) is 4.56. The number of hydrogen-bond acceptors (Lipinski definition) is 3. The zero-order valence-electron chi connectivity index (χ0n) is 9.89. The molecule has 2 rings (SSSR count). The van der Waals surface area contributed by atoms with Crippen molar-refractivity contribution in [2.45, 2.75) is 17.7 Å². The lowest BCUT2D eigenvalue weighted by atomic mass is 10.3.